The van der Waals surface area contributed by atoms with Crippen LogP contribution in [0.15, 0.2) is 0 Å². The second-order valence-electron chi connectivity index (χ2n) is 3.20. The van der Waals surface area contributed by atoms with E-state index in [9.17, 15) is 15.3 Å². The van der Waals surface area contributed by atoms with Gasteiger partial charge in [-0.1, -0.05) is 0 Å². The average Bonchev–Trinajstić information content (AvgIpc) is 2.15. The van der Waals surface area contributed by atoms with E-state index in [1.807, 2.05) is 0 Å². The summed E-state index contributed by atoms with van der Waals surface area (Å²) >= 11 is 0. The zero-order valence-corrected chi connectivity index (χ0v) is 8.16. The van der Waals surface area contributed by atoms with Crippen LogP contribution in [0.25, 0.3) is 0 Å². The topological polar surface area (TPSA) is 88.4 Å². The first-order valence-corrected chi connectivity index (χ1v) is 4.33. The van der Waals surface area contributed by atoms with Crippen LogP contribution >= 0.6 is 0 Å². The molecule has 6 heteroatoms. The van der Waals surface area contributed by atoms with Gasteiger partial charge in [0.25, 0.3) is 0 Å². The van der Waals surface area contributed by atoms with Crippen molar-refractivity contribution in [2.75, 3.05) is 20.8 Å². The van der Waals surface area contributed by atoms with Gasteiger partial charge in [-0.2, -0.15) is 0 Å². The fourth-order valence-electron chi connectivity index (χ4n) is 1.48. The standard InChI is InChI=1S/C8H16O6/c1-12-3-4-5(9)6(10)7(13-2)8(11)14-4/h4-11H,3H2,1-2H3/t4-,5+,6+,7-,8+/m1/s1. The van der Waals surface area contributed by atoms with Crippen molar-refractivity contribution in [2.24, 2.45) is 0 Å². The van der Waals surface area contributed by atoms with Crippen LogP contribution in [0.4, 0.5) is 0 Å². The second kappa shape index (κ2) is 5.01. The van der Waals surface area contributed by atoms with Gasteiger partial charge in [0.2, 0.25) is 0 Å². The van der Waals surface area contributed by atoms with Crippen molar-refractivity contribution in [1.82, 2.24) is 0 Å². The van der Waals surface area contributed by atoms with Crippen molar-refractivity contribution in [3.8, 4) is 0 Å². The number of aliphatic hydroxyl groups is 3. The van der Waals surface area contributed by atoms with Gasteiger partial charge in [0.05, 0.1) is 6.61 Å². The average molecular weight is 208 g/mol. The van der Waals surface area contributed by atoms with E-state index in [-0.39, 0.29) is 6.61 Å². The summed E-state index contributed by atoms with van der Waals surface area (Å²) in [5.74, 6) is 0. The molecular weight excluding hydrogens is 192 g/mol. The van der Waals surface area contributed by atoms with E-state index >= 15 is 0 Å². The summed E-state index contributed by atoms with van der Waals surface area (Å²) in [7, 11) is 2.76. The van der Waals surface area contributed by atoms with Gasteiger partial charge in [-0.25, -0.2) is 0 Å². The largest absolute Gasteiger partial charge is 0.387 e. The summed E-state index contributed by atoms with van der Waals surface area (Å²) in [4.78, 5) is 0. The fraction of sp³-hybridized carbons (Fsp3) is 1.00. The highest BCUT2D eigenvalue weighted by molar-refractivity contribution is 4.89. The summed E-state index contributed by atoms with van der Waals surface area (Å²) in [6.45, 7) is 0.103. The molecule has 1 aliphatic heterocycles. The lowest BCUT2D eigenvalue weighted by molar-refractivity contribution is -0.292. The molecule has 1 rings (SSSR count). The van der Waals surface area contributed by atoms with Gasteiger partial charge in [-0.3, -0.25) is 0 Å². The lowest BCUT2D eigenvalue weighted by Gasteiger charge is -2.39. The van der Waals surface area contributed by atoms with Crippen molar-refractivity contribution in [2.45, 2.75) is 30.7 Å². The molecule has 0 bridgehead atoms. The minimum Gasteiger partial charge on any atom is -0.387 e. The van der Waals surface area contributed by atoms with Crippen molar-refractivity contribution in [3.05, 3.63) is 0 Å². The zero-order valence-electron chi connectivity index (χ0n) is 8.16. The first kappa shape index (κ1) is 11.8. The Hall–Kier alpha value is -0.240. The molecule has 1 saturated heterocycles. The molecule has 0 aromatic heterocycles. The van der Waals surface area contributed by atoms with Crippen LogP contribution in [0.1, 0.15) is 0 Å². The van der Waals surface area contributed by atoms with E-state index < -0.39 is 30.7 Å². The molecule has 0 saturated carbocycles. The van der Waals surface area contributed by atoms with Crippen LogP contribution < -0.4 is 0 Å². The minimum atomic E-state index is -1.25. The molecule has 6 nitrogen and oxygen atoms in total. The highest BCUT2D eigenvalue weighted by Gasteiger charge is 2.43. The third-order valence-electron chi connectivity index (χ3n) is 2.27. The lowest BCUT2D eigenvalue weighted by Crippen LogP contribution is -2.59. The Morgan fingerprint density at radius 3 is 2.29 bits per heavy atom. The molecule has 0 aromatic rings. The van der Waals surface area contributed by atoms with Gasteiger partial charge in [0.15, 0.2) is 6.29 Å². The van der Waals surface area contributed by atoms with Gasteiger partial charge in [-0.15, -0.1) is 0 Å². The molecule has 0 radical (unpaired) electrons. The predicted molar refractivity (Wildman–Crippen MR) is 45.6 cm³/mol. The van der Waals surface area contributed by atoms with Gasteiger partial charge in [0, 0.05) is 14.2 Å². The summed E-state index contributed by atoms with van der Waals surface area (Å²) in [5, 5.41) is 28.5. The number of aliphatic hydroxyl groups excluding tert-OH is 3. The van der Waals surface area contributed by atoms with E-state index in [1.165, 1.54) is 14.2 Å². The Kier molecular flexibility index (Phi) is 4.24. The molecule has 1 aliphatic rings. The summed E-state index contributed by atoms with van der Waals surface area (Å²) in [5.41, 5.74) is 0. The molecule has 3 N–H and O–H groups in total. The Bertz CT molecular complexity index is 173. The van der Waals surface area contributed by atoms with Gasteiger partial charge in [-0.05, 0) is 0 Å². The van der Waals surface area contributed by atoms with Crippen LogP contribution in [0.2, 0.25) is 0 Å². The maximum atomic E-state index is 9.54. The normalized spacial score (nSPS) is 43.9. The number of rotatable bonds is 3. The molecule has 0 spiro atoms. The minimum absolute atomic E-state index is 0.103. The monoisotopic (exact) mass is 208 g/mol. The van der Waals surface area contributed by atoms with E-state index in [1.54, 1.807) is 0 Å². The maximum Gasteiger partial charge on any atom is 0.184 e. The van der Waals surface area contributed by atoms with Crippen molar-refractivity contribution in [1.29, 1.82) is 0 Å². The van der Waals surface area contributed by atoms with E-state index in [4.69, 9.17) is 14.2 Å². The third-order valence-corrected chi connectivity index (χ3v) is 2.27. The molecule has 0 aliphatic carbocycles. The highest BCUT2D eigenvalue weighted by atomic mass is 16.7. The molecule has 0 unspecified atom stereocenters. The van der Waals surface area contributed by atoms with Gasteiger partial charge < -0.3 is 29.5 Å². The second-order valence-corrected chi connectivity index (χ2v) is 3.20. The Morgan fingerprint density at radius 1 is 1.14 bits per heavy atom. The third kappa shape index (κ3) is 2.22. The van der Waals surface area contributed by atoms with Crippen molar-refractivity contribution >= 4 is 0 Å². The lowest BCUT2D eigenvalue weighted by atomic mass is 9.99. The number of ether oxygens (including phenoxy) is 3. The van der Waals surface area contributed by atoms with E-state index in [0.717, 1.165) is 0 Å². The molecule has 14 heavy (non-hydrogen) atoms. The van der Waals surface area contributed by atoms with Crippen molar-refractivity contribution in [3.63, 3.8) is 0 Å². The Labute approximate surface area is 82.0 Å². The smallest absolute Gasteiger partial charge is 0.184 e. The first-order chi connectivity index (χ1) is 6.61. The van der Waals surface area contributed by atoms with E-state index in [2.05, 4.69) is 0 Å². The quantitative estimate of drug-likeness (QED) is 0.501. The SMILES string of the molecule is COC[C@H]1O[C@H](O)[C@H](OC)[C@@H](O)[C@H]1O. The van der Waals surface area contributed by atoms with Crippen molar-refractivity contribution < 1.29 is 29.5 Å². The molecule has 0 aromatic carbocycles. The highest BCUT2D eigenvalue weighted by Crippen LogP contribution is 2.21. The van der Waals surface area contributed by atoms with Crippen LogP contribution in [-0.4, -0.2) is 66.9 Å². The summed E-state index contributed by atoms with van der Waals surface area (Å²) in [6, 6.07) is 0. The predicted octanol–water partition coefficient (Wildman–Crippen LogP) is -1.91. The summed E-state index contributed by atoms with van der Waals surface area (Å²) < 4.78 is 14.6. The zero-order chi connectivity index (χ0) is 10.7. The van der Waals surface area contributed by atoms with Crippen LogP contribution in [0.3, 0.4) is 0 Å². The van der Waals surface area contributed by atoms with Crippen LogP contribution in [-0.2, 0) is 14.2 Å². The first-order valence-electron chi connectivity index (χ1n) is 4.33. The molecule has 1 heterocycles. The Morgan fingerprint density at radius 2 is 1.79 bits per heavy atom. The number of hydrogen-bond donors (Lipinski definition) is 3. The van der Waals surface area contributed by atoms with Crippen LogP contribution in [0.5, 0.6) is 0 Å². The summed E-state index contributed by atoms with van der Waals surface area (Å²) in [6.07, 6.45) is -5.22. The Balaban J connectivity index is 2.62. The maximum absolute atomic E-state index is 9.54. The van der Waals surface area contributed by atoms with Gasteiger partial charge in [0.1, 0.15) is 24.4 Å². The molecule has 1 fully saturated rings. The molecule has 84 valence electrons. The fourth-order valence-corrected chi connectivity index (χ4v) is 1.48. The molecule has 0 amide bonds. The number of methoxy groups -OCH3 is 2. The van der Waals surface area contributed by atoms with E-state index in [0.29, 0.717) is 0 Å². The molecular formula is C8H16O6. The van der Waals surface area contributed by atoms with Crippen LogP contribution in [0, 0.1) is 0 Å². The number of hydrogen-bond acceptors (Lipinski definition) is 6. The molecule has 5 atom stereocenters. The van der Waals surface area contributed by atoms with Gasteiger partial charge >= 0.3 is 0 Å².